The van der Waals surface area contributed by atoms with E-state index >= 15 is 0 Å². The first-order valence-corrected chi connectivity index (χ1v) is 7.55. The third-order valence-corrected chi connectivity index (χ3v) is 3.34. The van der Waals surface area contributed by atoms with Gasteiger partial charge in [0.2, 0.25) is 5.91 Å². The number of anilines is 2. The van der Waals surface area contributed by atoms with Crippen molar-refractivity contribution in [2.75, 3.05) is 17.2 Å². The molecule has 5 nitrogen and oxygen atoms in total. The second kappa shape index (κ2) is 7.99. The summed E-state index contributed by atoms with van der Waals surface area (Å²) in [7, 11) is 0. The topological polar surface area (TPSA) is 67.4 Å². The summed E-state index contributed by atoms with van der Waals surface area (Å²) < 4.78 is 18.8. The lowest BCUT2D eigenvalue weighted by molar-refractivity contribution is -0.118. The van der Waals surface area contributed by atoms with Crippen LogP contribution in [0.15, 0.2) is 36.4 Å². The average molecular weight is 371 g/mol. The molecule has 0 aliphatic rings. The second-order valence-corrected chi connectivity index (χ2v) is 5.63. The zero-order valence-corrected chi connectivity index (χ0v) is 14.0. The fourth-order valence-electron chi connectivity index (χ4n) is 1.82. The largest absolute Gasteiger partial charge is 0.482 e. The molecule has 2 aromatic carbocycles. The molecule has 0 bridgehead atoms. The van der Waals surface area contributed by atoms with E-state index in [1.165, 1.54) is 25.1 Å². The lowest BCUT2D eigenvalue weighted by Crippen LogP contribution is -2.20. The van der Waals surface area contributed by atoms with Gasteiger partial charge in [0, 0.05) is 17.6 Å². The summed E-state index contributed by atoms with van der Waals surface area (Å²) in [5, 5.41) is 5.60. The Morgan fingerprint density at radius 3 is 2.54 bits per heavy atom. The van der Waals surface area contributed by atoms with Gasteiger partial charge < -0.3 is 15.4 Å². The third kappa shape index (κ3) is 5.11. The molecule has 2 rings (SSSR count). The summed E-state index contributed by atoms with van der Waals surface area (Å²) in [6.45, 7) is 0.961. The van der Waals surface area contributed by atoms with Gasteiger partial charge in [0.15, 0.2) is 6.61 Å². The van der Waals surface area contributed by atoms with Crippen molar-refractivity contribution in [1.29, 1.82) is 0 Å². The molecule has 0 aliphatic heterocycles. The Hall–Kier alpha value is -2.31. The predicted molar refractivity (Wildman–Crippen MR) is 91.3 cm³/mol. The van der Waals surface area contributed by atoms with Crippen molar-refractivity contribution in [1.82, 2.24) is 0 Å². The van der Waals surface area contributed by atoms with E-state index in [-0.39, 0.29) is 17.3 Å². The van der Waals surface area contributed by atoms with Gasteiger partial charge in [-0.15, -0.1) is 0 Å². The van der Waals surface area contributed by atoms with E-state index < -0.39 is 17.6 Å². The van der Waals surface area contributed by atoms with E-state index in [9.17, 15) is 14.0 Å². The highest BCUT2D eigenvalue weighted by molar-refractivity contribution is 6.35. The highest BCUT2D eigenvalue weighted by Gasteiger charge is 2.09. The summed E-state index contributed by atoms with van der Waals surface area (Å²) in [5.41, 5.74) is 0.290. The van der Waals surface area contributed by atoms with Crippen LogP contribution in [0.25, 0.3) is 0 Å². The number of halogens is 3. The predicted octanol–water partition coefficient (Wildman–Crippen LogP) is 4.11. The smallest absolute Gasteiger partial charge is 0.262 e. The monoisotopic (exact) mass is 370 g/mol. The molecule has 0 aliphatic carbocycles. The van der Waals surface area contributed by atoms with Gasteiger partial charge in [-0.2, -0.15) is 0 Å². The van der Waals surface area contributed by atoms with Gasteiger partial charge in [-0.3, -0.25) is 9.59 Å². The molecule has 24 heavy (non-hydrogen) atoms. The van der Waals surface area contributed by atoms with E-state index in [1.54, 1.807) is 12.1 Å². The minimum atomic E-state index is -0.604. The summed E-state index contributed by atoms with van der Waals surface area (Å²) in [6, 6.07) is 8.44. The van der Waals surface area contributed by atoms with E-state index in [2.05, 4.69) is 10.6 Å². The minimum absolute atomic E-state index is 0.0260. The number of carbonyl (C=O) groups is 2. The molecule has 0 heterocycles. The lowest BCUT2D eigenvalue weighted by Gasteiger charge is -2.10. The molecule has 0 unspecified atom stereocenters. The van der Waals surface area contributed by atoms with Crippen molar-refractivity contribution >= 4 is 46.4 Å². The van der Waals surface area contributed by atoms with Crippen molar-refractivity contribution in [2.24, 2.45) is 0 Å². The summed E-state index contributed by atoms with van der Waals surface area (Å²) >= 11 is 11.7. The average Bonchev–Trinajstić information content (AvgIpc) is 2.49. The first kappa shape index (κ1) is 18.0. The number of nitrogens with one attached hydrogen (secondary N) is 2. The van der Waals surface area contributed by atoms with E-state index in [4.69, 9.17) is 27.9 Å². The molecular weight excluding hydrogens is 358 g/mol. The van der Waals surface area contributed by atoms with Crippen LogP contribution >= 0.6 is 23.2 Å². The Kier molecular flexibility index (Phi) is 6.00. The lowest BCUT2D eigenvalue weighted by atomic mass is 10.2. The number of carbonyl (C=O) groups excluding carboxylic acids is 2. The quantitative estimate of drug-likeness (QED) is 0.831. The molecule has 2 N–H and O–H groups in total. The van der Waals surface area contributed by atoms with Crippen LogP contribution in [0.1, 0.15) is 6.92 Å². The zero-order valence-electron chi connectivity index (χ0n) is 12.5. The Morgan fingerprint density at radius 1 is 1.12 bits per heavy atom. The fraction of sp³-hybridized carbons (Fsp3) is 0.125. The number of hydrogen-bond donors (Lipinski definition) is 2. The number of rotatable bonds is 5. The second-order valence-electron chi connectivity index (χ2n) is 4.79. The molecule has 0 aromatic heterocycles. The SMILES string of the molecule is CC(=O)Nc1cc(NC(=O)COc2ccc(Cl)cc2Cl)ccc1F. The number of ether oxygens (including phenoxy) is 1. The van der Waals surface area contributed by atoms with Crippen LogP contribution in [-0.4, -0.2) is 18.4 Å². The minimum Gasteiger partial charge on any atom is -0.482 e. The molecule has 2 amide bonds. The number of amides is 2. The van der Waals surface area contributed by atoms with Gasteiger partial charge in [-0.05, 0) is 36.4 Å². The van der Waals surface area contributed by atoms with Gasteiger partial charge >= 0.3 is 0 Å². The maximum absolute atomic E-state index is 13.5. The molecule has 8 heteroatoms. The molecule has 0 saturated heterocycles. The van der Waals surface area contributed by atoms with Crippen LogP contribution in [-0.2, 0) is 9.59 Å². The third-order valence-electron chi connectivity index (χ3n) is 2.81. The Bertz CT molecular complexity index is 784. The molecule has 0 spiro atoms. The fourth-order valence-corrected chi connectivity index (χ4v) is 2.28. The van der Waals surface area contributed by atoms with Gasteiger partial charge in [0.05, 0.1) is 10.7 Å². The van der Waals surface area contributed by atoms with Crippen molar-refractivity contribution in [3.8, 4) is 5.75 Å². The van der Waals surface area contributed by atoms with Crippen LogP contribution in [0.3, 0.4) is 0 Å². The van der Waals surface area contributed by atoms with Gasteiger partial charge in [0.25, 0.3) is 5.91 Å². The van der Waals surface area contributed by atoms with Gasteiger partial charge in [-0.1, -0.05) is 23.2 Å². The molecule has 126 valence electrons. The van der Waals surface area contributed by atoms with E-state index in [1.807, 2.05) is 0 Å². The summed E-state index contributed by atoms with van der Waals surface area (Å²) in [4.78, 5) is 22.9. The Labute approximate surface area is 147 Å². The van der Waals surface area contributed by atoms with Crippen LogP contribution in [0.5, 0.6) is 5.75 Å². The van der Waals surface area contributed by atoms with Crippen LogP contribution in [0.2, 0.25) is 10.0 Å². The van der Waals surface area contributed by atoms with Crippen LogP contribution < -0.4 is 15.4 Å². The maximum Gasteiger partial charge on any atom is 0.262 e. The Morgan fingerprint density at radius 2 is 1.88 bits per heavy atom. The maximum atomic E-state index is 13.5. The van der Waals surface area contributed by atoms with Crippen molar-refractivity contribution in [2.45, 2.75) is 6.92 Å². The molecular formula is C16H13Cl2FN2O3. The van der Waals surface area contributed by atoms with E-state index in [0.717, 1.165) is 6.07 Å². The summed E-state index contributed by atoms with van der Waals surface area (Å²) in [5.74, 6) is -1.18. The molecule has 0 saturated carbocycles. The standard InChI is InChI=1S/C16H13Cl2FN2O3/c1-9(22)20-14-7-11(3-4-13(14)19)21-16(23)8-24-15-5-2-10(17)6-12(15)18/h2-7H,8H2,1H3,(H,20,22)(H,21,23). The highest BCUT2D eigenvalue weighted by atomic mass is 35.5. The van der Waals surface area contributed by atoms with Crippen molar-refractivity contribution < 1.29 is 18.7 Å². The molecule has 0 fully saturated rings. The van der Waals surface area contributed by atoms with E-state index in [0.29, 0.717) is 16.5 Å². The molecule has 2 aromatic rings. The first-order chi connectivity index (χ1) is 11.3. The van der Waals surface area contributed by atoms with Gasteiger partial charge in [0.1, 0.15) is 11.6 Å². The highest BCUT2D eigenvalue weighted by Crippen LogP contribution is 2.27. The van der Waals surface area contributed by atoms with Gasteiger partial charge in [-0.25, -0.2) is 4.39 Å². The number of hydrogen-bond acceptors (Lipinski definition) is 3. The number of benzene rings is 2. The molecule has 0 atom stereocenters. The van der Waals surface area contributed by atoms with Crippen LogP contribution in [0.4, 0.5) is 15.8 Å². The summed E-state index contributed by atoms with van der Waals surface area (Å²) in [6.07, 6.45) is 0. The molecule has 0 radical (unpaired) electrons. The van der Waals surface area contributed by atoms with Crippen LogP contribution in [0, 0.1) is 5.82 Å². The zero-order chi connectivity index (χ0) is 17.7. The van der Waals surface area contributed by atoms with Crippen molar-refractivity contribution in [3.63, 3.8) is 0 Å². The van der Waals surface area contributed by atoms with Crippen molar-refractivity contribution in [3.05, 3.63) is 52.3 Å². The first-order valence-electron chi connectivity index (χ1n) is 6.80. The normalized spacial score (nSPS) is 10.2. The Balaban J connectivity index is 1.98.